The van der Waals surface area contributed by atoms with Crippen LogP contribution in [0.4, 0.5) is 5.82 Å². The van der Waals surface area contributed by atoms with Gasteiger partial charge in [0, 0.05) is 42.7 Å². The van der Waals surface area contributed by atoms with Crippen LogP contribution in [-0.2, 0) is 4.79 Å². The number of carbonyl (C=O) groups is 1. The smallest absolute Gasteiger partial charge is 0.222 e. The molecule has 5 nitrogen and oxygen atoms in total. The number of hydrogen-bond acceptors (Lipinski definition) is 4. The average molecular weight is 407 g/mol. The fourth-order valence-corrected chi connectivity index (χ4v) is 3.77. The van der Waals surface area contributed by atoms with Crippen molar-refractivity contribution in [3.05, 3.63) is 71.6 Å². The number of fused-ring (bicyclic) bond motifs is 1. The van der Waals surface area contributed by atoms with Gasteiger partial charge in [-0.15, -0.1) is 0 Å². The van der Waals surface area contributed by atoms with Gasteiger partial charge in [-0.05, 0) is 42.7 Å². The van der Waals surface area contributed by atoms with E-state index in [1.54, 1.807) is 6.33 Å². The number of anilines is 1. The van der Waals surface area contributed by atoms with Gasteiger partial charge in [-0.2, -0.15) is 0 Å². The lowest BCUT2D eigenvalue weighted by Crippen LogP contribution is -2.29. The van der Waals surface area contributed by atoms with Crippen LogP contribution in [0.1, 0.15) is 24.8 Å². The highest BCUT2D eigenvalue weighted by molar-refractivity contribution is 6.31. The second kappa shape index (κ2) is 9.05. The largest absolute Gasteiger partial charge is 0.343 e. The molecule has 1 saturated heterocycles. The van der Waals surface area contributed by atoms with Crippen LogP contribution in [0.3, 0.4) is 0 Å². The number of halogens is 1. The van der Waals surface area contributed by atoms with Crippen molar-refractivity contribution >= 4 is 40.3 Å². The van der Waals surface area contributed by atoms with Crippen LogP contribution >= 0.6 is 11.6 Å². The van der Waals surface area contributed by atoms with Crippen LogP contribution in [0.15, 0.2) is 61.1 Å². The van der Waals surface area contributed by atoms with Crippen molar-refractivity contribution in [1.82, 2.24) is 14.9 Å². The maximum atomic E-state index is 11.9. The fourth-order valence-electron chi connectivity index (χ4n) is 3.61. The van der Waals surface area contributed by atoms with Gasteiger partial charge in [-0.25, -0.2) is 9.97 Å². The molecule has 3 aromatic rings. The zero-order chi connectivity index (χ0) is 20.1. The SMILES string of the molecule is O=C1CCCN1CCCN(C=Cc1ccccc1)c1ncnc2cc(Cl)ccc12. The van der Waals surface area contributed by atoms with Crippen LogP contribution in [0.25, 0.3) is 17.0 Å². The van der Waals surface area contributed by atoms with Crippen molar-refractivity contribution in [2.24, 2.45) is 0 Å². The van der Waals surface area contributed by atoms with Gasteiger partial charge >= 0.3 is 0 Å². The van der Waals surface area contributed by atoms with Crippen molar-refractivity contribution in [2.75, 3.05) is 24.5 Å². The number of nitrogens with zero attached hydrogens (tertiary/aromatic N) is 4. The quantitative estimate of drug-likeness (QED) is 0.567. The molecule has 0 bridgehead atoms. The summed E-state index contributed by atoms with van der Waals surface area (Å²) in [5.74, 6) is 1.10. The predicted molar refractivity (Wildman–Crippen MR) is 118 cm³/mol. The summed E-state index contributed by atoms with van der Waals surface area (Å²) in [4.78, 5) is 24.9. The lowest BCUT2D eigenvalue weighted by atomic mass is 10.2. The predicted octanol–water partition coefficient (Wildman–Crippen LogP) is 4.77. The zero-order valence-electron chi connectivity index (χ0n) is 16.2. The first-order valence-electron chi connectivity index (χ1n) is 9.89. The number of likely N-dealkylation sites (tertiary alicyclic amines) is 1. The molecule has 148 valence electrons. The third kappa shape index (κ3) is 4.74. The molecule has 1 aliphatic heterocycles. The second-order valence-corrected chi connectivity index (χ2v) is 7.55. The van der Waals surface area contributed by atoms with Crippen LogP contribution in [0, 0.1) is 0 Å². The molecule has 2 aromatic carbocycles. The van der Waals surface area contributed by atoms with E-state index >= 15 is 0 Å². The minimum atomic E-state index is 0.263. The number of benzene rings is 2. The van der Waals surface area contributed by atoms with E-state index in [1.165, 1.54) is 0 Å². The Labute approximate surface area is 175 Å². The molecule has 4 rings (SSSR count). The molecule has 0 N–H and O–H groups in total. The van der Waals surface area contributed by atoms with Crippen molar-refractivity contribution in [2.45, 2.75) is 19.3 Å². The summed E-state index contributed by atoms with van der Waals surface area (Å²) in [7, 11) is 0. The van der Waals surface area contributed by atoms with Crippen molar-refractivity contribution in [3.63, 3.8) is 0 Å². The van der Waals surface area contributed by atoms with Crippen molar-refractivity contribution in [1.29, 1.82) is 0 Å². The Hall–Kier alpha value is -2.92. The summed E-state index contributed by atoms with van der Waals surface area (Å²) in [5.41, 5.74) is 1.93. The monoisotopic (exact) mass is 406 g/mol. The third-order valence-corrected chi connectivity index (χ3v) is 5.33. The van der Waals surface area contributed by atoms with E-state index in [0.717, 1.165) is 54.8 Å². The first-order chi connectivity index (χ1) is 14.2. The Morgan fingerprint density at radius 1 is 1.14 bits per heavy atom. The molecular formula is C23H23ClN4O. The molecule has 1 aromatic heterocycles. The van der Waals surface area contributed by atoms with Gasteiger partial charge < -0.3 is 9.80 Å². The first-order valence-corrected chi connectivity index (χ1v) is 10.3. The van der Waals surface area contributed by atoms with E-state index in [4.69, 9.17) is 11.6 Å². The van der Waals surface area contributed by atoms with Gasteiger partial charge in [0.2, 0.25) is 5.91 Å². The van der Waals surface area contributed by atoms with Gasteiger partial charge in [0.25, 0.3) is 0 Å². The molecule has 0 aliphatic carbocycles. The topological polar surface area (TPSA) is 49.3 Å². The Morgan fingerprint density at radius 2 is 2.00 bits per heavy atom. The van der Waals surface area contributed by atoms with E-state index in [2.05, 4.69) is 39.3 Å². The Kier molecular flexibility index (Phi) is 6.06. The average Bonchev–Trinajstić information content (AvgIpc) is 3.15. The minimum Gasteiger partial charge on any atom is -0.343 e. The number of aromatic nitrogens is 2. The summed E-state index contributed by atoms with van der Waals surface area (Å²) in [6, 6.07) is 15.8. The van der Waals surface area contributed by atoms with E-state index in [1.807, 2.05) is 41.3 Å². The van der Waals surface area contributed by atoms with Crippen LogP contribution in [0.2, 0.25) is 5.02 Å². The first kappa shape index (κ1) is 19.4. The van der Waals surface area contributed by atoms with Crippen molar-refractivity contribution < 1.29 is 4.79 Å². The molecular weight excluding hydrogens is 384 g/mol. The van der Waals surface area contributed by atoms with Crippen LogP contribution in [0.5, 0.6) is 0 Å². The molecule has 6 heteroatoms. The molecule has 0 atom stereocenters. The Bertz CT molecular complexity index is 1020. The molecule has 0 unspecified atom stereocenters. The van der Waals surface area contributed by atoms with Gasteiger partial charge in [-0.1, -0.05) is 41.9 Å². The molecule has 0 spiro atoms. The highest BCUT2D eigenvalue weighted by Gasteiger charge is 2.20. The number of carbonyl (C=O) groups excluding carboxylic acids is 1. The molecule has 0 radical (unpaired) electrons. The Morgan fingerprint density at radius 3 is 2.79 bits per heavy atom. The summed E-state index contributed by atoms with van der Waals surface area (Å²) >= 11 is 6.14. The minimum absolute atomic E-state index is 0.263. The lowest BCUT2D eigenvalue weighted by Gasteiger charge is -2.23. The highest BCUT2D eigenvalue weighted by Crippen LogP contribution is 2.26. The highest BCUT2D eigenvalue weighted by atomic mass is 35.5. The fraction of sp³-hybridized carbons (Fsp3) is 0.261. The lowest BCUT2D eigenvalue weighted by molar-refractivity contribution is -0.127. The maximum Gasteiger partial charge on any atom is 0.222 e. The normalized spacial score (nSPS) is 14.2. The summed E-state index contributed by atoms with van der Waals surface area (Å²) < 4.78 is 0. The van der Waals surface area contributed by atoms with E-state index in [9.17, 15) is 4.79 Å². The van der Waals surface area contributed by atoms with Gasteiger partial charge in [-0.3, -0.25) is 4.79 Å². The molecule has 1 fully saturated rings. The van der Waals surface area contributed by atoms with E-state index in [-0.39, 0.29) is 5.91 Å². The van der Waals surface area contributed by atoms with Gasteiger partial charge in [0.1, 0.15) is 12.1 Å². The van der Waals surface area contributed by atoms with E-state index in [0.29, 0.717) is 11.4 Å². The number of rotatable bonds is 7. The van der Waals surface area contributed by atoms with Crippen LogP contribution in [-0.4, -0.2) is 40.4 Å². The maximum absolute atomic E-state index is 11.9. The van der Waals surface area contributed by atoms with E-state index < -0.39 is 0 Å². The van der Waals surface area contributed by atoms with Gasteiger partial charge in [0.05, 0.1) is 5.52 Å². The third-order valence-electron chi connectivity index (χ3n) is 5.09. The Balaban J connectivity index is 1.59. The van der Waals surface area contributed by atoms with Crippen molar-refractivity contribution in [3.8, 4) is 0 Å². The molecule has 1 aliphatic rings. The number of hydrogen-bond donors (Lipinski definition) is 0. The summed E-state index contributed by atoms with van der Waals surface area (Å²) in [6.45, 7) is 2.39. The second-order valence-electron chi connectivity index (χ2n) is 7.12. The van der Waals surface area contributed by atoms with Crippen LogP contribution < -0.4 is 4.90 Å². The summed E-state index contributed by atoms with van der Waals surface area (Å²) in [6.07, 6.45) is 8.20. The zero-order valence-corrected chi connectivity index (χ0v) is 16.9. The standard InChI is InChI=1S/C23H23ClN4O/c24-19-9-10-20-21(16-19)25-17-26-23(20)28(15-11-18-6-2-1-3-7-18)14-5-13-27-12-4-8-22(27)29/h1-3,6-7,9-11,15-17H,4-5,8,12-14H2. The molecule has 1 amide bonds. The summed E-state index contributed by atoms with van der Waals surface area (Å²) in [5, 5.41) is 1.60. The number of amides is 1. The van der Waals surface area contributed by atoms with Gasteiger partial charge in [0.15, 0.2) is 0 Å². The molecule has 0 saturated carbocycles. The molecule has 29 heavy (non-hydrogen) atoms. The molecule has 2 heterocycles.